The van der Waals surface area contributed by atoms with E-state index in [0.29, 0.717) is 0 Å². The van der Waals surface area contributed by atoms with Gasteiger partial charge >= 0.3 is 0 Å². The molecule has 1 aromatic carbocycles. The fourth-order valence-electron chi connectivity index (χ4n) is 1.78. The van der Waals surface area contributed by atoms with Crippen LogP contribution in [0.1, 0.15) is 0 Å². The summed E-state index contributed by atoms with van der Waals surface area (Å²) >= 11 is 5.87. The quantitative estimate of drug-likeness (QED) is 0.837. The summed E-state index contributed by atoms with van der Waals surface area (Å²) in [5, 5.41) is 0.719. The molecular weight excluding hydrogens is 226 g/mol. The van der Waals surface area contributed by atoms with Gasteiger partial charge in [-0.05, 0) is 18.2 Å². The Morgan fingerprint density at radius 1 is 1.31 bits per heavy atom. The number of hydrogen-bond donors (Lipinski definition) is 1. The molecule has 0 saturated carbocycles. The first-order valence-corrected chi connectivity index (χ1v) is 6.02. The van der Waals surface area contributed by atoms with Crippen LogP contribution >= 0.6 is 11.6 Å². The second-order valence-corrected chi connectivity index (χ2v) is 4.35. The van der Waals surface area contributed by atoms with Gasteiger partial charge in [0.2, 0.25) is 0 Å². The molecule has 1 aliphatic rings. The average Bonchev–Trinajstić information content (AvgIpc) is 2.30. The van der Waals surface area contributed by atoms with E-state index >= 15 is 0 Å². The molecule has 1 saturated heterocycles. The minimum atomic E-state index is 0.719. The number of nitrogens with one attached hydrogen (secondary N) is 1. The van der Waals surface area contributed by atoms with Crippen LogP contribution in [0, 0.1) is 0 Å². The highest BCUT2D eigenvalue weighted by Crippen LogP contribution is 2.16. The molecule has 1 aliphatic heterocycles. The van der Waals surface area contributed by atoms with Gasteiger partial charge in [-0.2, -0.15) is 0 Å². The predicted octanol–water partition coefficient (Wildman–Crippen LogP) is 0.634. The SMILES string of the molecule is Clc1cccc(OCC[NH+]2CCOCC2)c1. The molecule has 0 amide bonds. The van der Waals surface area contributed by atoms with E-state index in [0.717, 1.165) is 50.2 Å². The molecule has 0 bridgehead atoms. The first-order chi connectivity index (χ1) is 7.84. The summed E-state index contributed by atoms with van der Waals surface area (Å²) in [4.78, 5) is 1.55. The summed E-state index contributed by atoms with van der Waals surface area (Å²) in [5.74, 6) is 0.847. The van der Waals surface area contributed by atoms with Gasteiger partial charge in [-0.25, -0.2) is 0 Å². The molecule has 16 heavy (non-hydrogen) atoms. The van der Waals surface area contributed by atoms with Crippen molar-refractivity contribution in [1.82, 2.24) is 0 Å². The van der Waals surface area contributed by atoms with E-state index in [1.54, 1.807) is 4.90 Å². The van der Waals surface area contributed by atoms with Gasteiger partial charge < -0.3 is 14.4 Å². The van der Waals surface area contributed by atoms with Crippen molar-refractivity contribution in [2.24, 2.45) is 0 Å². The lowest BCUT2D eigenvalue weighted by Gasteiger charge is -2.23. The van der Waals surface area contributed by atoms with E-state index in [4.69, 9.17) is 21.1 Å². The molecule has 2 rings (SSSR count). The third kappa shape index (κ3) is 3.67. The molecular formula is C12H17ClNO2+. The Balaban J connectivity index is 1.71. The maximum atomic E-state index is 5.87. The molecule has 1 fully saturated rings. The Morgan fingerprint density at radius 2 is 2.12 bits per heavy atom. The Labute approximate surface area is 101 Å². The second kappa shape index (κ2) is 6.09. The zero-order chi connectivity index (χ0) is 11.2. The van der Waals surface area contributed by atoms with Crippen LogP contribution in [0.25, 0.3) is 0 Å². The van der Waals surface area contributed by atoms with Crippen molar-refractivity contribution in [2.75, 3.05) is 39.5 Å². The molecule has 0 unspecified atom stereocenters. The van der Waals surface area contributed by atoms with Gasteiger partial charge in [0.05, 0.1) is 13.2 Å². The van der Waals surface area contributed by atoms with E-state index in [1.165, 1.54) is 0 Å². The van der Waals surface area contributed by atoms with Crippen molar-refractivity contribution in [3.63, 3.8) is 0 Å². The summed E-state index contributed by atoms with van der Waals surface area (Å²) < 4.78 is 10.9. The lowest BCUT2D eigenvalue weighted by atomic mass is 10.3. The Bertz CT molecular complexity index is 327. The zero-order valence-corrected chi connectivity index (χ0v) is 10.0. The van der Waals surface area contributed by atoms with Crippen molar-refractivity contribution in [2.45, 2.75) is 0 Å². The molecule has 0 aliphatic carbocycles. The highest BCUT2D eigenvalue weighted by molar-refractivity contribution is 6.30. The molecule has 0 radical (unpaired) electrons. The minimum absolute atomic E-state index is 0.719. The topological polar surface area (TPSA) is 22.9 Å². The van der Waals surface area contributed by atoms with Crippen molar-refractivity contribution >= 4 is 11.6 Å². The number of ether oxygens (including phenoxy) is 2. The zero-order valence-electron chi connectivity index (χ0n) is 9.25. The Hall–Kier alpha value is -0.770. The van der Waals surface area contributed by atoms with E-state index in [-0.39, 0.29) is 0 Å². The van der Waals surface area contributed by atoms with Crippen LogP contribution in [0.4, 0.5) is 0 Å². The van der Waals surface area contributed by atoms with Gasteiger partial charge in [0.1, 0.15) is 32.0 Å². The molecule has 1 heterocycles. The van der Waals surface area contributed by atoms with Gasteiger partial charge in [-0.1, -0.05) is 17.7 Å². The summed E-state index contributed by atoms with van der Waals surface area (Å²) in [6.45, 7) is 5.66. The van der Waals surface area contributed by atoms with E-state index in [1.807, 2.05) is 24.3 Å². The van der Waals surface area contributed by atoms with E-state index in [9.17, 15) is 0 Å². The van der Waals surface area contributed by atoms with Gasteiger partial charge in [-0.15, -0.1) is 0 Å². The molecule has 1 N–H and O–H groups in total. The molecule has 4 heteroatoms. The standard InChI is InChI=1S/C12H16ClNO2/c13-11-2-1-3-12(10-11)16-9-6-14-4-7-15-8-5-14/h1-3,10H,4-9H2/p+1. The average molecular weight is 243 g/mol. The highest BCUT2D eigenvalue weighted by Gasteiger charge is 2.13. The maximum absolute atomic E-state index is 5.87. The number of quaternary nitrogens is 1. The van der Waals surface area contributed by atoms with Gasteiger partial charge in [0.25, 0.3) is 0 Å². The van der Waals surface area contributed by atoms with Gasteiger partial charge in [0, 0.05) is 5.02 Å². The first kappa shape index (κ1) is 11.7. The molecule has 0 spiro atoms. The van der Waals surface area contributed by atoms with Crippen LogP contribution in [-0.2, 0) is 4.74 Å². The lowest BCUT2D eigenvalue weighted by Crippen LogP contribution is -3.14. The predicted molar refractivity (Wildman–Crippen MR) is 63.3 cm³/mol. The highest BCUT2D eigenvalue weighted by atomic mass is 35.5. The van der Waals surface area contributed by atoms with Gasteiger partial charge in [0.15, 0.2) is 0 Å². The fraction of sp³-hybridized carbons (Fsp3) is 0.500. The largest absolute Gasteiger partial charge is 0.488 e. The second-order valence-electron chi connectivity index (χ2n) is 3.92. The number of halogens is 1. The Kier molecular flexibility index (Phi) is 4.45. The normalized spacial score (nSPS) is 17.3. The smallest absolute Gasteiger partial charge is 0.137 e. The summed E-state index contributed by atoms with van der Waals surface area (Å²) in [5.41, 5.74) is 0. The van der Waals surface area contributed by atoms with Crippen LogP contribution in [0.2, 0.25) is 5.02 Å². The molecule has 3 nitrogen and oxygen atoms in total. The van der Waals surface area contributed by atoms with Crippen LogP contribution < -0.4 is 9.64 Å². The van der Waals surface area contributed by atoms with Crippen molar-refractivity contribution < 1.29 is 14.4 Å². The summed E-state index contributed by atoms with van der Waals surface area (Å²) in [7, 11) is 0. The van der Waals surface area contributed by atoms with Crippen molar-refractivity contribution in [1.29, 1.82) is 0 Å². The first-order valence-electron chi connectivity index (χ1n) is 5.64. The molecule has 88 valence electrons. The number of morpholine rings is 1. The number of rotatable bonds is 4. The maximum Gasteiger partial charge on any atom is 0.137 e. The van der Waals surface area contributed by atoms with Crippen LogP contribution in [0.3, 0.4) is 0 Å². The van der Waals surface area contributed by atoms with Crippen molar-refractivity contribution in [3.05, 3.63) is 29.3 Å². The molecule has 0 atom stereocenters. The minimum Gasteiger partial charge on any atom is -0.488 e. The van der Waals surface area contributed by atoms with Crippen LogP contribution in [-0.4, -0.2) is 39.5 Å². The number of benzene rings is 1. The van der Waals surface area contributed by atoms with Crippen LogP contribution in [0.5, 0.6) is 5.75 Å². The third-order valence-electron chi connectivity index (χ3n) is 2.72. The summed E-state index contributed by atoms with van der Waals surface area (Å²) in [6, 6.07) is 7.53. The molecule has 0 aromatic heterocycles. The van der Waals surface area contributed by atoms with Crippen molar-refractivity contribution in [3.8, 4) is 5.75 Å². The summed E-state index contributed by atoms with van der Waals surface area (Å²) in [6.07, 6.45) is 0. The number of hydrogen-bond acceptors (Lipinski definition) is 2. The lowest BCUT2D eigenvalue weighted by molar-refractivity contribution is -0.908. The molecule has 1 aromatic rings. The van der Waals surface area contributed by atoms with Crippen LogP contribution in [0.15, 0.2) is 24.3 Å². The monoisotopic (exact) mass is 242 g/mol. The van der Waals surface area contributed by atoms with E-state index in [2.05, 4.69) is 0 Å². The Morgan fingerprint density at radius 3 is 2.88 bits per heavy atom. The third-order valence-corrected chi connectivity index (χ3v) is 2.96. The van der Waals surface area contributed by atoms with E-state index < -0.39 is 0 Å². The van der Waals surface area contributed by atoms with Gasteiger partial charge in [-0.3, -0.25) is 0 Å². The fourth-order valence-corrected chi connectivity index (χ4v) is 1.96.